The summed E-state index contributed by atoms with van der Waals surface area (Å²) < 4.78 is 0. The van der Waals surface area contributed by atoms with E-state index in [0.29, 0.717) is 6.04 Å². The minimum Gasteiger partial charge on any atom is -0.349 e. The molecule has 0 spiro atoms. The molecule has 12 heavy (non-hydrogen) atoms. The van der Waals surface area contributed by atoms with Crippen molar-refractivity contribution in [3.63, 3.8) is 0 Å². The van der Waals surface area contributed by atoms with Crippen LogP contribution in [0, 0.1) is 11.3 Å². The van der Waals surface area contributed by atoms with E-state index in [1.54, 1.807) is 6.20 Å². The van der Waals surface area contributed by atoms with Crippen molar-refractivity contribution in [2.75, 3.05) is 0 Å². The van der Waals surface area contributed by atoms with Crippen molar-refractivity contribution in [2.45, 2.75) is 33.7 Å². The van der Waals surface area contributed by atoms with E-state index in [-0.39, 0.29) is 0 Å². The van der Waals surface area contributed by atoms with Crippen LogP contribution in [0.25, 0.3) is 0 Å². The Morgan fingerprint density at radius 1 is 1.50 bits per heavy atom. The fraction of sp³-hybridized carbons (Fsp3) is 0.500. The van der Waals surface area contributed by atoms with Crippen LogP contribution in [0.1, 0.15) is 27.7 Å². The largest absolute Gasteiger partial charge is 0.349 e. The first-order valence-electron chi connectivity index (χ1n) is 4.03. The lowest BCUT2D eigenvalue weighted by atomic mass is 10.2. The molecule has 0 saturated carbocycles. The van der Waals surface area contributed by atoms with E-state index in [9.17, 15) is 0 Å². The zero-order valence-electron chi connectivity index (χ0n) is 8.26. The Hall–Kier alpha value is -1.23. The molecule has 0 bridgehead atoms. The fourth-order valence-electron chi connectivity index (χ4n) is 1.01. The molecule has 0 aromatic heterocycles. The molecule has 0 aliphatic carbocycles. The summed E-state index contributed by atoms with van der Waals surface area (Å²) in [5.41, 5.74) is 1.71. The van der Waals surface area contributed by atoms with E-state index < -0.39 is 0 Å². The summed E-state index contributed by atoms with van der Waals surface area (Å²) >= 11 is 0. The van der Waals surface area contributed by atoms with E-state index in [0.717, 1.165) is 11.3 Å². The van der Waals surface area contributed by atoms with Crippen LogP contribution in [0.2, 0.25) is 0 Å². The first kappa shape index (κ1) is 10.8. The normalized spacial score (nSPS) is 12.0. The van der Waals surface area contributed by atoms with Crippen LogP contribution in [0.5, 0.6) is 0 Å². The molecule has 0 unspecified atom stereocenters. The number of nitriles is 1. The van der Waals surface area contributed by atoms with Crippen LogP contribution in [-0.2, 0) is 0 Å². The molecule has 66 valence electrons. The molecule has 2 heteroatoms. The van der Waals surface area contributed by atoms with Gasteiger partial charge in [0.05, 0.1) is 6.07 Å². The molecule has 0 heterocycles. The second-order valence-corrected chi connectivity index (χ2v) is 3.01. The second-order valence-electron chi connectivity index (χ2n) is 3.01. The van der Waals surface area contributed by atoms with Crippen molar-refractivity contribution >= 4 is 0 Å². The van der Waals surface area contributed by atoms with E-state index in [1.165, 1.54) is 0 Å². The average molecular weight is 164 g/mol. The van der Waals surface area contributed by atoms with Gasteiger partial charge >= 0.3 is 0 Å². The molecule has 0 aliphatic rings. The van der Waals surface area contributed by atoms with Gasteiger partial charge in [0.2, 0.25) is 0 Å². The van der Waals surface area contributed by atoms with E-state index in [2.05, 4.69) is 26.5 Å². The first-order chi connectivity index (χ1) is 5.54. The lowest BCUT2D eigenvalue weighted by molar-refractivity contribution is 0.383. The summed E-state index contributed by atoms with van der Waals surface area (Å²) in [4.78, 5) is 1.98. The topological polar surface area (TPSA) is 27.0 Å². The summed E-state index contributed by atoms with van der Waals surface area (Å²) in [5, 5.41) is 8.66. The molecule has 0 aliphatic heterocycles. The molecular formula is C10H16N2. The number of hydrogen-bond acceptors (Lipinski definition) is 2. The highest BCUT2D eigenvalue weighted by atomic mass is 15.1. The predicted molar refractivity (Wildman–Crippen MR) is 51.2 cm³/mol. The molecule has 0 atom stereocenters. The van der Waals surface area contributed by atoms with Crippen molar-refractivity contribution in [3.8, 4) is 6.07 Å². The Labute approximate surface area is 74.8 Å². The predicted octanol–water partition coefficient (Wildman–Crippen LogP) is 2.66. The SMILES string of the molecule is C=CN(/C(C)=C(\C)C#N)C(C)C. The molecule has 0 N–H and O–H groups in total. The molecule has 0 amide bonds. The van der Waals surface area contributed by atoms with Crippen LogP contribution in [0.3, 0.4) is 0 Å². The Balaban J connectivity index is 4.77. The van der Waals surface area contributed by atoms with Crippen molar-refractivity contribution in [3.05, 3.63) is 24.0 Å². The number of nitrogens with zero attached hydrogens (tertiary/aromatic N) is 2. The minimum absolute atomic E-state index is 0.353. The van der Waals surface area contributed by atoms with Gasteiger partial charge in [-0.3, -0.25) is 0 Å². The van der Waals surface area contributed by atoms with Crippen LogP contribution >= 0.6 is 0 Å². The molecule has 0 radical (unpaired) electrons. The summed E-state index contributed by atoms with van der Waals surface area (Å²) in [7, 11) is 0. The van der Waals surface area contributed by atoms with Crippen molar-refractivity contribution in [2.24, 2.45) is 0 Å². The third-order valence-electron chi connectivity index (χ3n) is 1.85. The molecule has 0 rings (SSSR count). The van der Waals surface area contributed by atoms with Crippen LogP contribution in [0.15, 0.2) is 24.0 Å². The quantitative estimate of drug-likeness (QED) is 0.599. The summed E-state index contributed by atoms with van der Waals surface area (Å²) in [6.45, 7) is 11.6. The van der Waals surface area contributed by atoms with Gasteiger partial charge in [-0.25, -0.2) is 0 Å². The maximum absolute atomic E-state index is 8.66. The second kappa shape index (κ2) is 4.61. The van der Waals surface area contributed by atoms with Gasteiger partial charge in [-0.05, 0) is 33.9 Å². The lowest BCUT2D eigenvalue weighted by Crippen LogP contribution is -2.23. The van der Waals surface area contributed by atoms with Crippen molar-refractivity contribution in [1.29, 1.82) is 5.26 Å². The smallest absolute Gasteiger partial charge is 0.0962 e. The molecule has 2 nitrogen and oxygen atoms in total. The average Bonchev–Trinajstić information content (AvgIpc) is 2.03. The zero-order chi connectivity index (χ0) is 9.72. The van der Waals surface area contributed by atoms with Crippen molar-refractivity contribution < 1.29 is 0 Å². The van der Waals surface area contributed by atoms with Crippen LogP contribution < -0.4 is 0 Å². The standard InChI is InChI=1S/C10H16N2/c1-6-12(8(2)3)10(5)9(4)7-11/h6,8H,1H2,2-5H3/b10-9+. The van der Waals surface area contributed by atoms with Gasteiger partial charge in [-0.1, -0.05) is 6.58 Å². The Morgan fingerprint density at radius 2 is 2.00 bits per heavy atom. The number of rotatable bonds is 3. The minimum atomic E-state index is 0.353. The van der Waals surface area contributed by atoms with E-state index >= 15 is 0 Å². The third kappa shape index (κ3) is 2.43. The maximum Gasteiger partial charge on any atom is 0.0962 e. The van der Waals surface area contributed by atoms with Crippen LogP contribution in [-0.4, -0.2) is 10.9 Å². The van der Waals surface area contributed by atoms with Gasteiger partial charge in [0, 0.05) is 17.3 Å². The summed E-state index contributed by atoms with van der Waals surface area (Å²) in [6.07, 6.45) is 1.75. The Morgan fingerprint density at radius 3 is 2.25 bits per heavy atom. The maximum atomic E-state index is 8.66. The highest BCUT2D eigenvalue weighted by Gasteiger charge is 2.07. The first-order valence-corrected chi connectivity index (χ1v) is 4.03. The Bertz CT molecular complexity index is 231. The van der Waals surface area contributed by atoms with Crippen molar-refractivity contribution in [1.82, 2.24) is 4.90 Å². The summed E-state index contributed by atoms with van der Waals surface area (Å²) in [5.74, 6) is 0. The monoisotopic (exact) mass is 164 g/mol. The van der Waals surface area contributed by atoms with Gasteiger partial charge < -0.3 is 4.90 Å². The number of hydrogen-bond donors (Lipinski definition) is 0. The molecule has 0 aromatic carbocycles. The van der Waals surface area contributed by atoms with Gasteiger partial charge in [0.1, 0.15) is 0 Å². The zero-order valence-corrected chi connectivity index (χ0v) is 8.26. The van der Waals surface area contributed by atoms with Gasteiger partial charge in [0.25, 0.3) is 0 Å². The van der Waals surface area contributed by atoms with Gasteiger partial charge in [0.15, 0.2) is 0 Å². The lowest BCUT2D eigenvalue weighted by Gasteiger charge is -2.25. The Kier molecular flexibility index (Phi) is 4.14. The third-order valence-corrected chi connectivity index (χ3v) is 1.85. The molecular weight excluding hydrogens is 148 g/mol. The summed E-state index contributed by atoms with van der Waals surface area (Å²) in [6, 6.07) is 2.48. The van der Waals surface area contributed by atoms with Gasteiger partial charge in [-0.15, -0.1) is 0 Å². The molecule has 0 fully saturated rings. The van der Waals surface area contributed by atoms with Crippen LogP contribution in [0.4, 0.5) is 0 Å². The highest BCUT2D eigenvalue weighted by Crippen LogP contribution is 2.12. The highest BCUT2D eigenvalue weighted by molar-refractivity contribution is 5.24. The van der Waals surface area contributed by atoms with Gasteiger partial charge in [-0.2, -0.15) is 5.26 Å². The number of allylic oxidation sites excluding steroid dienone is 2. The molecule has 0 aromatic rings. The fourth-order valence-corrected chi connectivity index (χ4v) is 1.01. The van der Waals surface area contributed by atoms with E-state index in [4.69, 9.17) is 5.26 Å². The van der Waals surface area contributed by atoms with E-state index in [1.807, 2.05) is 18.7 Å². The molecule has 0 saturated heterocycles.